The molecule has 2 aliphatic heterocycles. The summed E-state index contributed by atoms with van der Waals surface area (Å²) in [6.45, 7) is 11.3. The molecule has 0 unspecified atom stereocenters. The van der Waals surface area contributed by atoms with Gasteiger partial charge in [-0.15, -0.1) is 0 Å². The van der Waals surface area contributed by atoms with Gasteiger partial charge in [-0.1, -0.05) is 57.2 Å². The van der Waals surface area contributed by atoms with Crippen LogP contribution in [0.25, 0.3) is 16.7 Å². The van der Waals surface area contributed by atoms with Gasteiger partial charge in [0.1, 0.15) is 28.7 Å². The lowest BCUT2D eigenvalue weighted by Crippen LogP contribution is -2.57. The molecule has 5 heteroatoms. The smallest absolute Gasteiger partial charge is 0.260 e. The lowest BCUT2D eigenvalue weighted by Gasteiger charge is -2.32. The number of benzene rings is 4. The second kappa shape index (κ2) is 7.52. The monoisotopic (exact) mass is 485 g/mol. The summed E-state index contributed by atoms with van der Waals surface area (Å²) in [5.41, 5.74) is 9.66. The third-order valence-corrected chi connectivity index (χ3v) is 8.13. The van der Waals surface area contributed by atoms with Crippen molar-refractivity contribution in [1.82, 2.24) is 4.57 Å². The summed E-state index contributed by atoms with van der Waals surface area (Å²) in [6, 6.07) is 25.9. The predicted octanol–water partition coefficient (Wildman–Crippen LogP) is 5.10. The Balaban J connectivity index is 1.51. The maximum atomic E-state index is 6.59. The van der Waals surface area contributed by atoms with Crippen LogP contribution in [0.15, 0.2) is 72.8 Å². The molecular weight excluding hydrogens is 455 g/mol. The van der Waals surface area contributed by atoms with E-state index < -0.39 is 0 Å². The zero-order valence-corrected chi connectivity index (χ0v) is 22.2. The second-order valence-electron chi connectivity index (χ2n) is 11.4. The Kier molecular flexibility index (Phi) is 4.52. The number of hydrogen-bond acceptors (Lipinski definition) is 2. The van der Waals surface area contributed by atoms with Gasteiger partial charge in [0.15, 0.2) is 11.0 Å². The van der Waals surface area contributed by atoms with Gasteiger partial charge < -0.3 is 9.47 Å². The minimum atomic E-state index is 0.0684. The van der Waals surface area contributed by atoms with Gasteiger partial charge in [-0.3, -0.25) is 0 Å². The Hall–Kier alpha value is -3.99. The van der Waals surface area contributed by atoms with Crippen LogP contribution in [0.2, 0.25) is 0 Å². The Morgan fingerprint density at radius 1 is 0.757 bits per heavy atom. The molecular formula is C32H30BN2O2+. The molecule has 0 fully saturated rings. The van der Waals surface area contributed by atoms with Crippen LogP contribution >= 0.6 is 0 Å². The minimum Gasteiger partial charge on any atom is -0.458 e. The molecule has 0 N–H and O–H groups in total. The first kappa shape index (κ1) is 22.2. The van der Waals surface area contributed by atoms with Crippen LogP contribution in [-0.2, 0) is 12.5 Å². The summed E-state index contributed by atoms with van der Waals surface area (Å²) < 4.78 is 17.6. The molecule has 0 saturated heterocycles. The van der Waals surface area contributed by atoms with Crippen LogP contribution in [0, 0.1) is 13.8 Å². The van der Waals surface area contributed by atoms with Crippen molar-refractivity contribution in [2.24, 2.45) is 7.05 Å². The first-order chi connectivity index (χ1) is 17.7. The highest BCUT2D eigenvalue weighted by Gasteiger charge is 2.41. The number of ether oxygens (including phenoxy) is 2. The van der Waals surface area contributed by atoms with Crippen LogP contribution in [0.4, 0.5) is 0 Å². The number of hydrogen-bond donors (Lipinski definition) is 0. The molecule has 2 aliphatic rings. The normalized spacial score (nSPS) is 13.5. The summed E-state index contributed by atoms with van der Waals surface area (Å²) in [5, 5.41) is 0. The van der Waals surface area contributed by atoms with Gasteiger partial charge in [-0.2, -0.15) is 4.57 Å². The molecule has 0 amide bonds. The summed E-state index contributed by atoms with van der Waals surface area (Å²) >= 11 is 0. The number of aromatic nitrogens is 2. The quantitative estimate of drug-likeness (QED) is 0.239. The number of fused-ring (bicyclic) bond motifs is 5. The number of para-hydroxylation sites is 1. The third kappa shape index (κ3) is 3.13. The fourth-order valence-corrected chi connectivity index (χ4v) is 5.97. The molecule has 5 aromatic rings. The van der Waals surface area contributed by atoms with Gasteiger partial charge in [0.2, 0.25) is 0 Å². The van der Waals surface area contributed by atoms with Crippen molar-refractivity contribution in [3.8, 4) is 28.7 Å². The van der Waals surface area contributed by atoms with E-state index in [9.17, 15) is 0 Å². The largest absolute Gasteiger partial charge is 0.458 e. The Labute approximate surface area is 218 Å². The van der Waals surface area contributed by atoms with Crippen LogP contribution in [0.3, 0.4) is 0 Å². The van der Waals surface area contributed by atoms with Crippen molar-refractivity contribution in [2.75, 3.05) is 0 Å². The average Bonchev–Trinajstić information content (AvgIpc) is 3.11. The van der Waals surface area contributed by atoms with Crippen LogP contribution in [0.5, 0.6) is 23.0 Å². The molecule has 4 nitrogen and oxygen atoms in total. The van der Waals surface area contributed by atoms with Crippen molar-refractivity contribution in [3.63, 3.8) is 0 Å². The van der Waals surface area contributed by atoms with Crippen LogP contribution < -0.4 is 30.4 Å². The predicted molar refractivity (Wildman–Crippen MR) is 150 cm³/mol. The standard InChI is InChI=1S/C32H30BN2O2/c1-19-14-15-21(32(3,4)5)16-24(19)35-20(2)34(6)25-17-23-30(18-26(25)35)37-29-13-9-12-28-31(29)33(23)22-10-7-8-11-27(22)36-28/h7-18H,1-6H3/q+1. The van der Waals surface area contributed by atoms with E-state index in [0.717, 1.165) is 34.0 Å². The molecule has 0 bridgehead atoms. The van der Waals surface area contributed by atoms with E-state index in [2.05, 4.69) is 105 Å². The first-order valence-electron chi connectivity index (χ1n) is 13.0. The second-order valence-corrected chi connectivity index (χ2v) is 11.4. The Bertz CT molecular complexity index is 1760. The van der Waals surface area contributed by atoms with Crippen molar-refractivity contribution in [3.05, 3.63) is 89.7 Å². The lowest BCUT2D eigenvalue weighted by atomic mass is 9.35. The summed E-state index contributed by atoms with van der Waals surface area (Å²) in [7, 11) is 2.16. The summed E-state index contributed by atoms with van der Waals surface area (Å²) in [6.07, 6.45) is 0. The van der Waals surface area contributed by atoms with E-state index in [4.69, 9.17) is 9.47 Å². The zero-order valence-electron chi connectivity index (χ0n) is 22.2. The molecule has 7 rings (SSSR count). The fourth-order valence-electron chi connectivity index (χ4n) is 5.97. The highest BCUT2D eigenvalue weighted by molar-refractivity contribution is 6.98. The van der Waals surface area contributed by atoms with Crippen LogP contribution in [0.1, 0.15) is 37.7 Å². The third-order valence-electron chi connectivity index (χ3n) is 8.13. The van der Waals surface area contributed by atoms with E-state index in [1.807, 2.05) is 18.2 Å². The SMILES string of the molecule is Cc1ccc(C(C)(C)C)cc1-n1c(C)[n+](C)c2cc3c(cc21)Oc1cccc2c1B3c1ccccc1O2. The fraction of sp³-hybridized carbons (Fsp3) is 0.219. The molecule has 0 saturated carbocycles. The van der Waals surface area contributed by atoms with Crippen molar-refractivity contribution < 1.29 is 14.0 Å². The number of rotatable bonds is 1. The van der Waals surface area contributed by atoms with Gasteiger partial charge in [-0.05, 0) is 64.7 Å². The maximum Gasteiger partial charge on any atom is 0.260 e. The van der Waals surface area contributed by atoms with E-state index in [1.165, 1.54) is 39.1 Å². The van der Waals surface area contributed by atoms with E-state index in [1.54, 1.807) is 0 Å². The highest BCUT2D eigenvalue weighted by atomic mass is 16.5. The molecule has 1 aromatic heterocycles. The van der Waals surface area contributed by atoms with Gasteiger partial charge in [0, 0.05) is 18.5 Å². The Morgan fingerprint density at radius 3 is 2.22 bits per heavy atom. The maximum absolute atomic E-state index is 6.59. The van der Waals surface area contributed by atoms with Crippen molar-refractivity contribution in [2.45, 2.75) is 40.0 Å². The molecule has 3 heterocycles. The van der Waals surface area contributed by atoms with Gasteiger partial charge in [0.25, 0.3) is 12.5 Å². The summed E-state index contributed by atoms with van der Waals surface area (Å²) in [5.74, 6) is 4.74. The van der Waals surface area contributed by atoms with Gasteiger partial charge in [-0.25, -0.2) is 4.57 Å². The average molecular weight is 485 g/mol. The van der Waals surface area contributed by atoms with Crippen molar-refractivity contribution >= 4 is 34.1 Å². The molecule has 4 aromatic carbocycles. The molecule has 0 spiro atoms. The first-order valence-corrected chi connectivity index (χ1v) is 13.0. The van der Waals surface area contributed by atoms with Gasteiger partial charge in [0.05, 0.1) is 7.05 Å². The topological polar surface area (TPSA) is 27.3 Å². The molecule has 0 atom stereocenters. The van der Waals surface area contributed by atoms with Crippen LogP contribution in [-0.4, -0.2) is 11.3 Å². The Morgan fingerprint density at radius 2 is 1.46 bits per heavy atom. The summed E-state index contributed by atoms with van der Waals surface area (Å²) in [4.78, 5) is 0. The molecule has 182 valence electrons. The van der Waals surface area contributed by atoms with E-state index in [0.29, 0.717) is 0 Å². The zero-order chi connectivity index (χ0) is 25.6. The molecule has 0 radical (unpaired) electrons. The number of nitrogens with zero attached hydrogens (tertiary/aromatic N) is 2. The van der Waals surface area contributed by atoms with E-state index >= 15 is 0 Å². The minimum absolute atomic E-state index is 0.0684. The number of imidazole rings is 1. The molecule has 37 heavy (non-hydrogen) atoms. The van der Waals surface area contributed by atoms with Crippen molar-refractivity contribution in [1.29, 1.82) is 0 Å². The van der Waals surface area contributed by atoms with E-state index in [-0.39, 0.29) is 12.1 Å². The lowest BCUT2D eigenvalue weighted by molar-refractivity contribution is -0.652. The van der Waals surface area contributed by atoms with Gasteiger partial charge >= 0.3 is 0 Å². The highest BCUT2D eigenvalue weighted by Crippen LogP contribution is 2.36. The number of aryl methyl sites for hydroxylation is 2. The molecule has 0 aliphatic carbocycles.